The van der Waals surface area contributed by atoms with E-state index < -0.39 is 0 Å². The number of phenols is 1. The third-order valence-electron chi connectivity index (χ3n) is 6.09. The standard InChI is InChI=1S/C18H23NO3/c1-19-8-5-11-9-14(22-2)17(21)16-15(11)13(19)10-18(16)6-3-12(20)4-7-18/h9,13,21H,3-8,10H2,1-2H3. The number of nitrogens with zero attached hydrogens (tertiary/aromatic N) is 1. The first kappa shape index (κ1) is 14.1. The molecular formula is C18H23NO3. The van der Waals surface area contributed by atoms with Gasteiger partial charge in [-0.15, -0.1) is 0 Å². The number of carbonyl (C=O) groups is 1. The van der Waals surface area contributed by atoms with Crippen molar-refractivity contribution < 1.29 is 14.6 Å². The molecule has 4 nitrogen and oxygen atoms in total. The molecule has 22 heavy (non-hydrogen) atoms. The summed E-state index contributed by atoms with van der Waals surface area (Å²) in [5.74, 6) is 1.27. The van der Waals surface area contributed by atoms with Gasteiger partial charge in [0.05, 0.1) is 7.11 Å². The number of fused-ring (bicyclic) bond motifs is 1. The Labute approximate surface area is 131 Å². The van der Waals surface area contributed by atoms with Crippen LogP contribution in [0.4, 0.5) is 0 Å². The summed E-state index contributed by atoms with van der Waals surface area (Å²) in [6.45, 7) is 1.04. The lowest BCUT2D eigenvalue weighted by atomic mass is 9.69. The van der Waals surface area contributed by atoms with E-state index >= 15 is 0 Å². The number of aromatic hydroxyl groups is 1. The van der Waals surface area contributed by atoms with E-state index in [0.717, 1.165) is 37.8 Å². The zero-order valence-electron chi connectivity index (χ0n) is 13.3. The molecule has 1 spiro atoms. The van der Waals surface area contributed by atoms with Gasteiger partial charge in [0.25, 0.3) is 0 Å². The second-order valence-electron chi connectivity index (χ2n) is 7.14. The summed E-state index contributed by atoms with van der Waals surface area (Å²) in [5, 5.41) is 10.8. The zero-order valence-corrected chi connectivity index (χ0v) is 13.3. The van der Waals surface area contributed by atoms with Crippen molar-refractivity contribution in [3.8, 4) is 11.5 Å². The molecule has 4 rings (SSSR count). The Bertz CT molecular complexity index is 642. The number of likely N-dealkylation sites (N-methyl/N-ethyl adjacent to an activating group) is 1. The molecule has 1 fully saturated rings. The van der Waals surface area contributed by atoms with Crippen molar-refractivity contribution in [2.75, 3.05) is 20.7 Å². The monoisotopic (exact) mass is 301 g/mol. The Balaban J connectivity index is 1.92. The number of Topliss-reactive ketones (excluding diaryl/α,β-unsaturated/α-hetero) is 1. The van der Waals surface area contributed by atoms with Crippen LogP contribution in [-0.4, -0.2) is 36.5 Å². The second-order valence-corrected chi connectivity index (χ2v) is 7.14. The van der Waals surface area contributed by atoms with Crippen LogP contribution in [0.25, 0.3) is 0 Å². The van der Waals surface area contributed by atoms with Crippen LogP contribution >= 0.6 is 0 Å². The third kappa shape index (κ3) is 1.76. The predicted molar refractivity (Wildman–Crippen MR) is 83.5 cm³/mol. The quantitative estimate of drug-likeness (QED) is 0.866. The molecule has 1 unspecified atom stereocenters. The van der Waals surface area contributed by atoms with Gasteiger partial charge in [0.1, 0.15) is 5.78 Å². The van der Waals surface area contributed by atoms with Crippen molar-refractivity contribution in [1.82, 2.24) is 4.90 Å². The summed E-state index contributed by atoms with van der Waals surface area (Å²) in [7, 11) is 3.79. The van der Waals surface area contributed by atoms with E-state index in [9.17, 15) is 9.90 Å². The van der Waals surface area contributed by atoms with Crippen LogP contribution in [0.2, 0.25) is 0 Å². The van der Waals surface area contributed by atoms with Crippen molar-refractivity contribution >= 4 is 5.78 Å². The molecule has 1 aromatic carbocycles. The number of hydrogen-bond donors (Lipinski definition) is 1. The molecule has 118 valence electrons. The number of ketones is 1. The Morgan fingerprint density at radius 1 is 1.32 bits per heavy atom. The maximum atomic E-state index is 11.7. The van der Waals surface area contributed by atoms with Crippen LogP contribution < -0.4 is 4.74 Å². The smallest absolute Gasteiger partial charge is 0.161 e. The molecule has 1 N–H and O–H groups in total. The maximum Gasteiger partial charge on any atom is 0.161 e. The average Bonchev–Trinajstić information content (AvgIpc) is 2.86. The summed E-state index contributed by atoms with van der Waals surface area (Å²) in [6.07, 6.45) is 5.04. The summed E-state index contributed by atoms with van der Waals surface area (Å²) in [5.41, 5.74) is 3.69. The molecule has 0 saturated heterocycles. The van der Waals surface area contributed by atoms with Gasteiger partial charge in [-0.1, -0.05) is 0 Å². The minimum absolute atomic E-state index is 0.0418. The highest BCUT2D eigenvalue weighted by molar-refractivity contribution is 5.80. The Morgan fingerprint density at radius 3 is 2.73 bits per heavy atom. The molecule has 1 saturated carbocycles. The van der Waals surface area contributed by atoms with Crippen LogP contribution in [0.15, 0.2) is 6.07 Å². The second kappa shape index (κ2) is 4.72. The summed E-state index contributed by atoms with van der Waals surface area (Å²) < 4.78 is 5.42. The molecule has 1 atom stereocenters. The Hall–Kier alpha value is -1.55. The molecule has 0 amide bonds. The zero-order chi connectivity index (χ0) is 15.5. The van der Waals surface area contributed by atoms with Gasteiger partial charge >= 0.3 is 0 Å². The molecular weight excluding hydrogens is 278 g/mol. The topological polar surface area (TPSA) is 49.8 Å². The summed E-state index contributed by atoms with van der Waals surface area (Å²) in [4.78, 5) is 14.1. The number of benzene rings is 1. The normalized spacial score (nSPS) is 26.3. The van der Waals surface area contributed by atoms with Crippen molar-refractivity contribution in [2.45, 2.75) is 50.0 Å². The number of phenolic OH excluding ortho intramolecular Hbond substituents is 1. The van der Waals surface area contributed by atoms with Crippen LogP contribution in [-0.2, 0) is 16.6 Å². The van der Waals surface area contributed by atoms with Gasteiger partial charge < -0.3 is 9.84 Å². The lowest BCUT2D eigenvalue weighted by Gasteiger charge is -2.35. The molecule has 0 aromatic heterocycles. The van der Waals surface area contributed by atoms with Crippen molar-refractivity contribution in [2.24, 2.45) is 0 Å². The fourth-order valence-electron chi connectivity index (χ4n) is 4.86. The predicted octanol–water partition coefficient (Wildman–Crippen LogP) is 2.71. The molecule has 1 aliphatic heterocycles. The third-order valence-corrected chi connectivity index (χ3v) is 6.09. The molecule has 1 aromatic rings. The lowest BCUT2D eigenvalue weighted by Crippen LogP contribution is -2.33. The molecule has 4 heteroatoms. The molecule has 2 aliphatic carbocycles. The van der Waals surface area contributed by atoms with Gasteiger partial charge in [-0.25, -0.2) is 0 Å². The van der Waals surface area contributed by atoms with Gasteiger partial charge in [-0.05, 0) is 49.9 Å². The summed E-state index contributed by atoms with van der Waals surface area (Å²) in [6, 6.07) is 2.39. The van der Waals surface area contributed by atoms with Gasteiger partial charge in [-0.3, -0.25) is 9.69 Å². The van der Waals surface area contributed by atoms with Crippen LogP contribution in [0.5, 0.6) is 11.5 Å². The van der Waals surface area contributed by atoms with Crippen LogP contribution in [0.3, 0.4) is 0 Å². The van der Waals surface area contributed by atoms with E-state index in [1.165, 1.54) is 11.1 Å². The van der Waals surface area contributed by atoms with E-state index in [1.807, 2.05) is 6.07 Å². The van der Waals surface area contributed by atoms with Crippen molar-refractivity contribution in [3.05, 3.63) is 22.8 Å². The highest BCUT2D eigenvalue weighted by atomic mass is 16.5. The summed E-state index contributed by atoms with van der Waals surface area (Å²) >= 11 is 0. The first-order valence-corrected chi connectivity index (χ1v) is 8.21. The van der Waals surface area contributed by atoms with E-state index in [0.29, 0.717) is 36.2 Å². The number of ether oxygens (including phenoxy) is 1. The van der Waals surface area contributed by atoms with Crippen LogP contribution in [0.1, 0.15) is 54.8 Å². The van der Waals surface area contributed by atoms with Crippen molar-refractivity contribution in [3.63, 3.8) is 0 Å². The van der Waals surface area contributed by atoms with E-state index in [4.69, 9.17) is 4.74 Å². The van der Waals surface area contributed by atoms with Gasteiger partial charge in [0.15, 0.2) is 11.5 Å². The average molecular weight is 301 g/mol. The van der Waals surface area contributed by atoms with E-state index in [1.54, 1.807) is 7.11 Å². The SMILES string of the molecule is COc1cc2c3c(c1O)C1(CCC(=O)CC1)CC3N(C)CC2. The molecule has 1 heterocycles. The number of methoxy groups -OCH3 is 1. The van der Waals surface area contributed by atoms with Gasteiger partial charge in [0.2, 0.25) is 0 Å². The highest BCUT2D eigenvalue weighted by Gasteiger charge is 2.50. The molecule has 0 radical (unpaired) electrons. The first-order valence-electron chi connectivity index (χ1n) is 8.21. The largest absolute Gasteiger partial charge is 0.504 e. The van der Waals surface area contributed by atoms with Gasteiger partial charge in [-0.2, -0.15) is 0 Å². The number of carbonyl (C=O) groups excluding carboxylic acids is 1. The fourth-order valence-corrected chi connectivity index (χ4v) is 4.86. The Morgan fingerprint density at radius 2 is 2.05 bits per heavy atom. The van der Waals surface area contributed by atoms with E-state index in [-0.39, 0.29) is 5.41 Å². The number of rotatable bonds is 1. The van der Waals surface area contributed by atoms with Gasteiger partial charge in [0, 0.05) is 36.4 Å². The van der Waals surface area contributed by atoms with Crippen LogP contribution in [0, 0.1) is 0 Å². The van der Waals surface area contributed by atoms with E-state index in [2.05, 4.69) is 11.9 Å². The first-order chi connectivity index (χ1) is 10.6. The molecule has 3 aliphatic rings. The minimum atomic E-state index is -0.0418. The maximum absolute atomic E-state index is 11.7. The number of hydrogen-bond acceptors (Lipinski definition) is 4. The highest BCUT2D eigenvalue weighted by Crippen LogP contribution is 2.60. The fraction of sp³-hybridized carbons (Fsp3) is 0.611. The lowest BCUT2D eigenvalue weighted by molar-refractivity contribution is -0.121. The molecule has 0 bridgehead atoms. The van der Waals surface area contributed by atoms with Crippen molar-refractivity contribution in [1.29, 1.82) is 0 Å². The Kier molecular flexibility index (Phi) is 3.02. The minimum Gasteiger partial charge on any atom is -0.504 e.